The Bertz CT molecular complexity index is 546. The Morgan fingerprint density at radius 2 is 2.38 bits per heavy atom. The van der Waals surface area contributed by atoms with Crippen LogP contribution in [0.25, 0.3) is 11.3 Å². The zero-order valence-corrected chi connectivity index (χ0v) is 9.91. The number of ether oxygens (including phenoxy) is 1. The summed E-state index contributed by atoms with van der Waals surface area (Å²) in [4.78, 5) is 7.00. The van der Waals surface area contributed by atoms with Crippen LogP contribution in [-0.2, 0) is 6.54 Å². The highest BCUT2D eigenvalue weighted by Crippen LogP contribution is 2.26. The molecule has 6 heteroatoms. The fraction of sp³-hybridized carbons (Fsp3) is 0.300. The van der Waals surface area contributed by atoms with Crippen molar-refractivity contribution in [2.24, 2.45) is 0 Å². The lowest BCUT2D eigenvalue weighted by Gasteiger charge is -2.05. The molecule has 0 atom stereocenters. The maximum atomic E-state index is 5.24. The lowest BCUT2D eigenvalue weighted by Crippen LogP contribution is -1.94. The Morgan fingerprint density at radius 3 is 3.00 bits per heavy atom. The molecule has 0 unspecified atom stereocenters. The Morgan fingerprint density at radius 1 is 1.56 bits per heavy atom. The standard InChI is InChI=1S/C10H12N4OS/c1-3-14-5-7(4-13-14)8-9(15-2)10(16)12-6-11-8/h4-6H,3H2,1-2H3,(H,11,12,16). The Labute approximate surface area is 98.1 Å². The Kier molecular flexibility index (Phi) is 3.00. The lowest BCUT2D eigenvalue weighted by molar-refractivity contribution is 0.411. The number of nitrogens with one attached hydrogen (secondary N) is 1. The van der Waals surface area contributed by atoms with Crippen molar-refractivity contribution in [3.8, 4) is 17.0 Å². The predicted octanol–water partition coefficient (Wildman–Crippen LogP) is 2.03. The molecule has 0 aliphatic rings. The van der Waals surface area contributed by atoms with E-state index in [4.69, 9.17) is 17.0 Å². The van der Waals surface area contributed by atoms with Crippen molar-refractivity contribution < 1.29 is 4.74 Å². The first-order chi connectivity index (χ1) is 7.76. The van der Waals surface area contributed by atoms with Crippen molar-refractivity contribution in [1.82, 2.24) is 19.7 Å². The molecule has 0 aliphatic heterocycles. The van der Waals surface area contributed by atoms with E-state index >= 15 is 0 Å². The van der Waals surface area contributed by atoms with E-state index in [1.54, 1.807) is 19.6 Å². The maximum Gasteiger partial charge on any atom is 0.179 e. The largest absolute Gasteiger partial charge is 0.491 e. The third kappa shape index (κ3) is 1.83. The van der Waals surface area contributed by atoms with Crippen LogP contribution < -0.4 is 4.74 Å². The van der Waals surface area contributed by atoms with E-state index in [9.17, 15) is 0 Å². The van der Waals surface area contributed by atoms with Crippen LogP contribution in [0.15, 0.2) is 18.7 Å². The molecule has 2 aromatic rings. The topological polar surface area (TPSA) is 55.7 Å². The van der Waals surface area contributed by atoms with Crippen LogP contribution in [-0.4, -0.2) is 26.9 Å². The summed E-state index contributed by atoms with van der Waals surface area (Å²) in [5, 5.41) is 4.20. The molecule has 2 heterocycles. The van der Waals surface area contributed by atoms with Crippen molar-refractivity contribution in [1.29, 1.82) is 0 Å². The number of methoxy groups -OCH3 is 1. The van der Waals surface area contributed by atoms with Crippen LogP contribution in [0.3, 0.4) is 0 Å². The normalized spacial score (nSPS) is 10.4. The van der Waals surface area contributed by atoms with Crippen molar-refractivity contribution in [3.63, 3.8) is 0 Å². The average Bonchev–Trinajstić information content (AvgIpc) is 2.77. The summed E-state index contributed by atoms with van der Waals surface area (Å²) in [6, 6.07) is 0. The van der Waals surface area contributed by atoms with Gasteiger partial charge in [-0.25, -0.2) is 4.98 Å². The summed E-state index contributed by atoms with van der Waals surface area (Å²) in [5.41, 5.74) is 1.74. The smallest absolute Gasteiger partial charge is 0.179 e. The zero-order chi connectivity index (χ0) is 11.5. The summed E-state index contributed by atoms with van der Waals surface area (Å²) in [7, 11) is 1.58. The van der Waals surface area contributed by atoms with Crippen LogP contribution in [0.5, 0.6) is 5.75 Å². The van der Waals surface area contributed by atoms with E-state index in [-0.39, 0.29) is 0 Å². The van der Waals surface area contributed by atoms with Crippen LogP contribution in [0.4, 0.5) is 0 Å². The van der Waals surface area contributed by atoms with Crippen molar-refractivity contribution in [2.75, 3.05) is 7.11 Å². The van der Waals surface area contributed by atoms with Gasteiger partial charge < -0.3 is 9.72 Å². The van der Waals surface area contributed by atoms with Gasteiger partial charge in [0.25, 0.3) is 0 Å². The first-order valence-corrected chi connectivity index (χ1v) is 5.31. The molecule has 0 saturated heterocycles. The molecule has 5 nitrogen and oxygen atoms in total. The number of hydrogen-bond acceptors (Lipinski definition) is 4. The third-order valence-electron chi connectivity index (χ3n) is 2.26. The first-order valence-electron chi connectivity index (χ1n) is 4.90. The third-order valence-corrected chi connectivity index (χ3v) is 2.55. The minimum Gasteiger partial charge on any atom is -0.491 e. The fourth-order valence-electron chi connectivity index (χ4n) is 1.46. The number of nitrogens with zero attached hydrogens (tertiary/aromatic N) is 3. The van der Waals surface area contributed by atoms with Crippen molar-refractivity contribution in [3.05, 3.63) is 23.4 Å². The molecule has 0 amide bonds. The van der Waals surface area contributed by atoms with E-state index in [1.807, 2.05) is 17.8 Å². The number of aromatic amines is 1. The second kappa shape index (κ2) is 4.44. The highest BCUT2D eigenvalue weighted by molar-refractivity contribution is 7.71. The Balaban J connectivity index is 2.55. The van der Waals surface area contributed by atoms with Gasteiger partial charge in [-0.3, -0.25) is 4.68 Å². The SMILES string of the molecule is CCn1cc(-c2[nH]cnc(=S)c2OC)cn1. The quantitative estimate of drug-likeness (QED) is 0.828. The van der Waals surface area contributed by atoms with E-state index in [1.165, 1.54) is 0 Å². The van der Waals surface area contributed by atoms with E-state index in [0.717, 1.165) is 17.8 Å². The number of hydrogen-bond donors (Lipinski definition) is 1. The van der Waals surface area contributed by atoms with Gasteiger partial charge in [0.05, 0.1) is 25.3 Å². The minimum absolute atomic E-state index is 0.445. The highest BCUT2D eigenvalue weighted by atomic mass is 32.1. The van der Waals surface area contributed by atoms with Gasteiger partial charge in [0, 0.05) is 18.3 Å². The summed E-state index contributed by atoms with van der Waals surface area (Å²) in [5.74, 6) is 0.577. The molecule has 0 saturated carbocycles. The Hall–Kier alpha value is -1.69. The van der Waals surface area contributed by atoms with Crippen LogP contribution in [0.1, 0.15) is 6.92 Å². The molecule has 0 spiro atoms. The van der Waals surface area contributed by atoms with Crippen LogP contribution in [0, 0.1) is 4.64 Å². The van der Waals surface area contributed by atoms with E-state index in [0.29, 0.717) is 10.4 Å². The molecule has 2 rings (SSSR count). The van der Waals surface area contributed by atoms with Gasteiger partial charge in [0.15, 0.2) is 10.4 Å². The van der Waals surface area contributed by atoms with Crippen molar-refractivity contribution in [2.45, 2.75) is 13.5 Å². The van der Waals surface area contributed by atoms with Gasteiger partial charge in [0.2, 0.25) is 0 Å². The molecule has 0 radical (unpaired) electrons. The van der Waals surface area contributed by atoms with Gasteiger partial charge >= 0.3 is 0 Å². The predicted molar refractivity (Wildman–Crippen MR) is 62.9 cm³/mol. The number of aromatic nitrogens is 4. The molecule has 0 bridgehead atoms. The van der Waals surface area contributed by atoms with Gasteiger partial charge in [0.1, 0.15) is 0 Å². The minimum atomic E-state index is 0.445. The number of aryl methyl sites for hydroxylation is 1. The van der Waals surface area contributed by atoms with Crippen LogP contribution in [0.2, 0.25) is 0 Å². The van der Waals surface area contributed by atoms with E-state index in [2.05, 4.69) is 15.1 Å². The lowest BCUT2D eigenvalue weighted by atomic mass is 10.2. The second-order valence-electron chi connectivity index (χ2n) is 3.20. The summed E-state index contributed by atoms with van der Waals surface area (Å²) in [6.07, 6.45) is 5.26. The molecule has 1 N–H and O–H groups in total. The molecule has 0 aliphatic carbocycles. The van der Waals surface area contributed by atoms with Gasteiger partial charge in [-0.2, -0.15) is 5.10 Å². The zero-order valence-electron chi connectivity index (χ0n) is 9.10. The molecule has 84 valence electrons. The molecule has 0 fully saturated rings. The average molecular weight is 236 g/mol. The fourth-order valence-corrected chi connectivity index (χ4v) is 1.69. The maximum absolute atomic E-state index is 5.24. The first kappa shape index (κ1) is 10.8. The van der Waals surface area contributed by atoms with Gasteiger partial charge in [-0.05, 0) is 6.92 Å². The van der Waals surface area contributed by atoms with Gasteiger partial charge in [-0.1, -0.05) is 12.2 Å². The van der Waals surface area contributed by atoms with E-state index < -0.39 is 0 Å². The summed E-state index contributed by atoms with van der Waals surface area (Å²) >= 11 is 5.09. The van der Waals surface area contributed by atoms with Crippen molar-refractivity contribution >= 4 is 12.2 Å². The monoisotopic (exact) mass is 236 g/mol. The molecular formula is C10H12N4OS. The number of H-pyrrole nitrogens is 1. The summed E-state index contributed by atoms with van der Waals surface area (Å²) < 4.78 is 7.52. The molecule has 0 aromatic carbocycles. The molecule has 2 aromatic heterocycles. The van der Waals surface area contributed by atoms with Gasteiger partial charge in [-0.15, -0.1) is 0 Å². The molecular weight excluding hydrogens is 224 g/mol. The van der Waals surface area contributed by atoms with Crippen LogP contribution >= 0.6 is 12.2 Å². The second-order valence-corrected chi connectivity index (χ2v) is 3.59. The summed E-state index contributed by atoms with van der Waals surface area (Å²) in [6.45, 7) is 2.86. The highest BCUT2D eigenvalue weighted by Gasteiger charge is 2.10. The number of rotatable bonds is 3. The molecule has 16 heavy (non-hydrogen) atoms.